The number of rotatable bonds is 3. The minimum absolute atomic E-state index is 0.0438. The van der Waals surface area contributed by atoms with E-state index >= 15 is 0 Å². The summed E-state index contributed by atoms with van der Waals surface area (Å²) in [6, 6.07) is 3.02. The van der Waals surface area contributed by atoms with E-state index < -0.39 is 11.0 Å². The third-order valence-corrected chi connectivity index (χ3v) is 4.21. The maximum Gasteiger partial charge on any atom is 0.319 e. The van der Waals surface area contributed by atoms with E-state index in [1.165, 1.54) is 11.3 Å². The van der Waals surface area contributed by atoms with Crippen molar-refractivity contribution in [3.8, 4) is 0 Å². The van der Waals surface area contributed by atoms with E-state index in [9.17, 15) is 14.9 Å². The zero-order chi connectivity index (χ0) is 14.3. The lowest BCUT2D eigenvalue weighted by molar-refractivity contribution is -0.382. The Morgan fingerprint density at radius 2 is 2.35 bits per heavy atom. The van der Waals surface area contributed by atoms with Crippen molar-refractivity contribution in [3.63, 3.8) is 0 Å². The van der Waals surface area contributed by atoms with Gasteiger partial charge in [-0.2, -0.15) is 0 Å². The molecule has 1 unspecified atom stereocenters. The summed E-state index contributed by atoms with van der Waals surface area (Å²) < 4.78 is 0.761. The lowest BCUT2D eigenvalue weighted by Gasteiger charge is -2.13. The van der Waals surface area contributed by atoms with E-state index in [0.29, 0.717) is 24.2 Å². The molecule has 0 saturated carbocycles. The van der Waals surface area contributed by atoms with Crippen molar-refractivity contribution < 1.29 is 9.72 Å². The van der Waals surface area contributed by atoms with Gasteiger partial charge in [-0.25, -0.2) is 4.98 Å². The van der Waals surface area contributed by atoms with Crippen molar-refractivity contribution in [1.82, 2.24) is 9.88 Å². The molecule has 8 heteroatoms. The van der Waals surface area contributed by atoms with Gasteiger partial charge in [0.25, 0.3) is 0 Å². The summed E-state index contributed by atoms with van der Waals surface area (Å²) in [6.45, 7) is 0.656. The summed E-state index contributed by atoms with van der Waals surface area (Å²) in [5.74, 6) is -0.0438. The smallest absolute Gasteiger partial charge is 0.319 e. The molecule has 1 saturated heterocycles. The fourth-order valence-electron chi connectivity index (χ4n) is 2.36. The molecule has 1 atom stereocenters. The minimum atomic E-state index is -0.451. The van der Waals surface area contributed by atoms with Crippen LogP contribution in [0.2, 0.25) is 0 Å². The van der Waals surface area contributed by atoms with E-state index in [-0.39, 0.29) is 11.6 Å². The molecule has 2 heterocycles. The number of fused-ring (bicyclic) bond motifs is 1. The first-order valence-electron chi connectivity index (χ1n) is 6.10. The molecule has 0 radical (unpaired) electrons. The van der Waals surface area contributed by atoms with Gasteiger partial charge in [-0.15, -0.1) is 11.3 Å². The molecule has 1 fully saturated rings. The number of hydrogen-bond donors (Lipinski definition) is 1. The number of nitro benzene ring substituents is 1. The average Bonchev–Trinajstić information content (AvgIpc) is 2.99. The second kappa shape index (κ2) is 4.71. The van der Waals surface area contributed by atoms with Gasteiger partial charge in [-0.3, -0.25) is 14.9 Å². The quantitative estimate of drug-likeness (QED) is 0.689. The van der Waals surface area contributed by atoms with Gasteiger partial charge in [0.2, 0.25) is 5.91 Å². The van der Waals surface area contributed by atoms with E-state index in [4.69, 9.17) is 0 Å². The molecule has 1 aliphatic heterocycles. The number of carbonyl (C=O) groups excluding carboxylic acids is 1. The first-order chi connectivity index (χ1) is 9.58. The second-order valence-corrected chi connectivity index (χ2v) is 5.55. The van der Waals surface area contributed by atoms with Crippen molar-refractivity contribution in [2.75, 3.05) is 18.9 Å². The van der Waals surface area contributed by atoms with Crippen LogP contribution in [0.25, 0.3) is 10.2 Å². The topological polar surface area (TPSA) is 88.4 Å². The Kier molecular flexibility index (Phi) is 3.01. The number of likely N-dealkylation sites (N-methyl/N-ethyl adjacent to an activating group) is 1. The number of nitro groups is 1. The lowest BCUT2D eigenvalue weighted by atomic mass is 10.2. The second-order valence-electron chi connectivity index (χ2n) is 4.66. The number of anilines is 1. The van der Waals surface area contributed by atoms with Crippen LogP contribution in [0.1, 0.15) is 6.42 Å². The molecule has 1 aliphatic rings. The van der Waals surface area contributed by atoms with Crippen LogP contribution in [0.4, 0.5) is 11.4 Å². The molecular formula is C12H12N4O3S. The van der Waals surface area contributed by atoms with Crippen molar-refractivity contribution in [3.05, 3.63) is 27.8 Å². The molecule has 1 amide bonds. The summed E-state index contributed by atoms with van der Waals surface area (Å²) in [5.41, 5.74) is 2.23. The molecule has 0 bridgehead atoms. The zero-order valence-corrected chi connectivity index (χ0v) is 11.5. The predicted octanol–water partition coefficient (Wildman–Crippen LogP) is 1.85. The Balaban J connectivity index is 2.01. The van der Waals surface area contributed by atoms with Gasteiger partial charge in [0.05, 0.1) is 15.1 Å². The molecule has 104 valence electrons. The van der Waals surface area contributed by atoms with Crippen LogP contribution in [0.3, 0.4) is 0 Å². The van der Waals surface area contributed by atoms with Crippen LogP contribution in [0, 0.1) is 10.1 Å². The van der Waals surface area contributed by atoms with E-state index in [0.717, 1.165) is 4.70 Å². The highest BCUT2D eigenvalue weighted by Crippen LogP contribution is 2.35. The number of nitrogens with one attached hydrogen (secondary N) is 1. The average molecular weight is 292 g/mol. The number of carbonyl (C=O) groups is 1. The van der Waals surface area contributed by atoms with Gasteiger partial charge < -0.3 is 10.2 Å². The zero-order valence-electron chi connectivity index (χ0n) is 10.7. The van der Waals surface area contributed by atoms with Crippen LogP contribution < -0.4 is 5.32 Å². The Morgan fingerprint density at radius 3 is 3.00 bits per heavy atom. The summed E-state index contributed by atoms with van der Waals surface area (Å²) in [4.78, 5) is 28.4. The summed E-state index contributed by atoms with van der Waals surface area (Å²) in [7, 11) is 1.72. The molecule has 2 aromatic rings. The van der Waals surface area contributed by atoms with Crippen molar-refractivity contribution in [2.24, 2.45) is 0 Å². The Hall–Kier alpha value is -2.22. The van der Waals surface area contributed by atoms with Gasteiger partial charge in [0, 0.05) is 13.6 Å². The van der Waals surface area contributed by atoms with Crippen LogP contribution in [0.15, 0.2) is 17.6 Å². The van der Waals surface area contributed by atoms with Crippen LogP contribution in [-0.4, -0.2) is 40.3 Å². The first-order valence-corrected chi connectivity index (χ1v) is 6.98. The standard InChI is InChI=1S/C12H12N4O3S/c1-15-5-4-8(12(15)17)14-7-2-3-9-10(13-6-20-9)11(7)16(18)19/h2-3,6,8,14H,4-5H2,1H3. The predicted molar refractivity (Wildman–Crippen MR) is 75.9 cm³/mol. The highest BCUT2D eigenvalue weighted by atomic mass is 32.1. The molecule has 1 aromatic heterocycles. The third kappa shape index (κ3) is 1.97. The van der Waals surface area contributed by atoms with Crippen molar-refractivity contribution in [2.45, 2.75) is 12.5 Å². The summed E-state index contributed by atoms with van der Waals surface area (Å²) in [5, 5.41) is 14.3. The maximum atomic E-state index is 11.9. The number of thiazole rings is 1. The highest BCUT2D eigenvalue weighted by molar-refractivity contribution is 7.16. The number of amides is 1. The molecular weight excluding hydrogens is 280 g/mol. The Bertz CT molecular complexity index is 699. The van der Waals surface area contributed by atoms with Gasteiger partial charge in [-0.1, -0.05) is 0 Å². The van der Waals surface area contributed by atoms with Gasteiger partial charge >= 0.3 is 5.69 Å². The van der Waals surface area contributed by atoms with E-state index in [1.54, 1.807) is 29.6 Å². The Labute approximate surface area is 118 Å². The SMILES string of the molecule is CN1CCC(Nc2ccc3scnc3c2[N+](=O)[O-])C1=O. The first kappa shape index (κ1) is 12.8. The molecule has 3 rings (SSSR count). The summed E-state index contributed by atoms with van der Waals surface area (Å²) in [6.07, 6.45) is 0.640. The van der Waals surface area contributed by atoms with E-state index in [1.807, 2.05) is 0 Å². The molecule has 7 nitrogen and oxygen atoms in total. The van der Waals surface area contributed by atoms with Crippen molar-refractivity contribution >= 4 is 38.8 Å². The lowest BCUT2D eigenvalue weighted by Crippen LogP contribution is -2.31. The fraction of sp³-hybridized carbons (Fsp3) is 0.333. The van der Waals surface area contributed by atoms with Crippen molar-refractivity contribution in [1.29, 1.82) is 0 Å². The molecule has 1 aromatic carbocycles. The Morgan fingerprint density at radius 1 is 1.55 bits per heavy atom. The van der Waals surface area contributed by atoms with Gasteiger partial charge in [-0.05, 0) is 18.6 Å². The van der Waals surface area contributed by atoms with Crippen LogP contribution >= 0.6 is 11.3 Å². The normalized spacial score (nSPS) is 18.8. The molecule has 20 heavy (non-hydrogen) atoms. The van der Waals surface area contributed by atoms with Gasteiger partial charge in [0.15, 0.2) is 5.52 Å². The number of nitrogens with zero attached hydrogens (tertiary/aromatic N) is 3. The number of hydrogen-bond acceptors (Lipinski definition) is 6. The number of aromatic nitrogens is 1. The minimum Gasteiger partial charge on any atom is -0.368 e. The summed E-state index contributed by atoms with van der Waals surface area (Å²) >= 11 is 1.35. The number of likely N-dealkylation sites (tertiary alicyclic amines) is 1. The van der Waals surface area contributed by atoms with Crippen LogP contribution in [-0.2, 0) is 4.79 Å². The maximum absolute atomic E-state index is 11.9. The molecule has 1 N–H and O–H groups in total. The third-order valence-electron chi connectivity index (χ3n) is 3.42. The molecule has 0 spiro atoms. The van der Waals surface area contributed by atoms with Crippen LogP contribution in [0.5, 0.6) is 0 Å². The fourth-order valence-corrected chi connectivity index (χ4v) is 3.04. The van der Waals surface area contributed by atoms with Gasteiger partial charge in [0.1, 0.15) is 11.7 Å². The number of benzene rings is 1. The molecule has 0 aliphatic carbocycles. The monoisotopic (exact) mass is 292 g/mol. The highest BCUT2D eigenvalue weighted by Gasteiger charge is 2.31. The van der Waals surface area contributed by atoms with E-state index in [2.05, 4.69) is 10.3 Å². The largest absolute Gasteiger partial charge is 0.368 e.